The van der Waals surface area contributed by atoms with Gasteiger partial charge in [-0.25, -0.2) is 4.79 Å². The highest BCUT2D eigenvalue weighted by atomic mass is 16.5. The van der Waals surface area contributed by atoms with E-state index in [0.29, 0.717) is 5.39 Å². The molecule has 1 amide bonds. The number of likely N-dealkylation sites (N-methyl/N-ethyl adjacent to an activating group) is 1. The second-order valence-corrected chi connectivity index (χ2v) is 6.35. The lowest BCUT2D eigenvalue weighted by atomic mass is 10.1. The van der Waals surface area contributed by atoms with Gasteiger partial charge in [-0.2, -0.15) is 0 Å². The van der Waals surface area contributed by atoms with Crippen LogP contribution in [0.1, 0.15) is 28.9 Å². The summed E-state index contributed by atoms with van der Waals surface area (Å²) in [5.41, 5.74) is 1.03. The van der Waals surface area contributed by atoms with Gasteiger partial charge in [0.05, 0.1) is 6.04 Å². The van der Waals surface area contributed by atoms with E-state index >= 15 is 0 Å². The number of carbonyl (C=O) groups excluding carboxylic acids is 2. The lowest BCUT2D eigenvalue weighted by Crippen LogP contribution is -2.33. The van der Waals surface area contributed by atoms with Gasteiger partial charge in [-0.15, -0.1) is 0 Å². The standard InChI is InChI=1S/C22H21NO4/c1-15(16-8-4-3-5-9-16)23(2)20(24)14-27-22(26)19-13-12-17-10-6-7-11-18(17)21(19)25/h3-13,15,25H,14H2,1-2H3/t15-/m0/s1. The molecule has 0 saturated carbocycles. The van der Waals surface area contributed by atoms with Crippen molar-refractivity contribution in [3.8, 4) is 5.75 Å². The molecule has 3 rings (SSSR count). The van der Waals surface area contributed by atoms with E-state index in [0.717, 1.165) is 10.9 Å². The number of ether oxygens (including phenoxy) is 1. The molecule has 1 atom stereocenters. The number of hydrogen-bond acceptors (Lipinski definition) is 4. The van der Waals surface area contributed by atoms with Crippen LogP contribution in [0.2, 0.25) is 0 Å². The molecule has 1 N–H and O–H groups in total. The molecule has 0 radical (unpaired) electrons. The SMILES string of the molecule is C[C@@H](c1ccccc1)N(C)C(=O)COC(=O)c1ccc2ccccc2c1O. The average Bonchev–Trinajstić information content (AvgIpc) is 2.71. The third-order valence-electron chi connectivity index (χ3n) is 4.70. The zero-order valence-corrected chi connectivity index (χ0v) is 15.3. The van der Waals surface area contributed by atoms with Crippen LogP contribution in [0.4, 0.5) is 0 Å². The Hall–Kier alpha value is -3.34. The number of amides is 1. The fraction of sp³-hybridized carbons (Fsp3) is 0.182. The van der Waals surface area contributed by atoms with Gasteiger partial charge in [0.2, 0.25) is 0 Å². The van der Waals surface area contributed by atoms with E-state index in [2.05, 4.69) is 0 Å². The minimum absolute atomic E-state index is 0.0419. The summed E-state index contributed by atoms with van der Waals surface area (Å²) in [5.74, 6) is -1.19. The number of fused-ring (bicyclic) bond motifs is 1. The summed E-state index contributed by atoms with van der Waals surface area (Å²) in [4.78, 5) is 26.2. The fourth-order valence-corrected chi connectivity index (χ4v) is 2.90. The van der Waals surface area contributed by atoms with Crippen LogP contribution in [0.15, 0.2) is 66.7 Å². The van der Waals surface area contributed by atoms with E-state index in [4.69, 9.17) is 4.74 Å². The van der Waals surface area contributed by atoms with Gasteiger partial charge in [0, 0.05) is 12.4 Å². The highest BCUT2D eigenvalue weighted by Gasteiger charge is 2.20. The van der Waals surface area contributed by atoms with Crippen molar-refractivity contribution in [2.75, 3.05) is 13.7 Å². The number of hydrogen-bond donors (Lipinski definition) is 1. The first-order chi connectivity index (χ1) is 13.0. The summed E-state index contributed by atoms with van der Waals surface area (Å²) in [7, 11) is 1.67. The zero-order chi connectivity index (χ0) is 19.4. The van der Waals surface area contributed by atoms with Crippen molar-refractivity contribution in [1.82, 2.24) is 4.90 Å². The van der Waals surface area contributed by atoms with Crippen molar-refractivity contribution >= 4 is 22.6 Å². The minimum Gasteiger partial charge on any atom is -0.506 e. The summed E-state index contributed by atoms with van der Waals surface area (Å²) in [6, 6.07) is 19.9. The number of rotatable bonds is 5. The molecular weight excluding hydrogens is 342 g/mol. The first-order valence-electron chi connectivity index (χ1n) is 8.67. The summed E-state index contributed by atoms with van der Waals surface area (Å²) in [5, 5.41) is 11.7. The predicted octanol–water partition coefficient (Wildman–Crippen LogP) is 3.92. The Morgan fingerprint density at radius 3 is 2.41 bits per heavy atom. The molecule has 5 heteroatoms. The summed E-state index contributed by atoms with van der Waals surface area (Å²) in [6.45, 7) is 1.52. The Bertz CT molecular complexity index is 968. The lowest BCUT2D eigenvalue weighted by molar-refractivity contribution is -0.135. The maximum Gasteiger partial charge on any atom is 0.342 e. The van der Waals surface area contributed by atoms with E-state index < -0.39 is 12.6 Å². The molecule has 0 aliphatic carbocycles. The molecule has 0 unspecified atom stereocenters. The molecule has 0 bridgehead atoms. The van der Waals surface area contributed by atoms with Gasteiger partial charge in [0.25, 0.3) is 5.91 Å². The predicted molar refractivity (Wildman–Crippen MR) is 104 cm³/mol. The van der Waals surface area contributed by atoms with Gasteiger partial charge in [-0.05, 0) is 23.9 Å². The molecule has 138 valence electrons. The molecule has 3 aromatic carbocycles. The largest absolute Gasteiger partial charge is 0.506 e. The van der Waals surface area contributed by atoms with Gasteiger partial charge in [0.1, 0.15) is 11.3 Å². The number of aromatic hydroxyl groups is 1. The van der Waals surface area contributed by atoms with Gasteiger partial charge in [-0.1, -0.05) is 60.7 Å². The normalized spacial score (nSPS) is 11.8. The maximum absolute atomic E-state index is 12.4. The quantitative estimate of drug-likeness (QED) is 0.698. The van der Waals surface area contributed by atoms with Crippen molar-refractivity contribution in [1.29, 1.82) is 0 Å². The Balaban J connectivity index is 1.67. The highest BCUT2D eigenvalue weighted by Crippen LogP contribution is 2.29. The number of esters is 1. The highest BCUT2D eigenvalue weighted by molar-refractivity contribution is 6.01. The van der Waals surface area contributed by atoms with Crippen LogP contribution >= 0.6 is 0 Å². The molecule has 0 spiro atoms. The molecule has 0 aliphatic rings. The third-order valence-corrected chi connectivity index (χ3v) is 4.70. The van der Waals surface area contributed by atoms with E-state index in [9.17, 15) is 14.7 Å². The number of benzene rings is 3. The fourth-order valence-electron chi connectivity index (χ4n) is 2.90. The van der Waals surface area contributed by atoms with Crippen molar-refractivity contribution < 1.29 is 19.4 Å². The van der Waals surface area contributed by atoms with Crippen molar-refractivity contribution in [2.24, 2.45) is 0 Å². The van der Waals surface area contributed by atoms with Crippen LogP contribution in [-0.4, -0.2) is 35.5 Å². The number of phenols is 1. The second kappa shape index (κ2) is 7.91. The van der Waals surface area contributed by atoms with E-state index in [1.807, 2.05) is 49.4 Å². The third kappa shape index (κ3) is 3.92. The summed E-state index contributed by atoms with van der Waals surface area (Å²) in [6.07, 6.45) is 0. The maximum atomic E-state index is 12.4. The van der Waals surface area contributed by atoms with Crippen LogP contribution in [0.25, 0.3) is 10.8 Å². The van der Waals surface area contributed by atoms with Crippen LogP contribution in [-0.2, 0) is 9.53 Å². The molecular formula is C22H21NO4. The Kier molecular flexibility index (Phi) is 5.41. The lowest BCUT2D eigenvalue weighted by Gasteiger charge is -2.25. The van der Waals surface area contributed by atoms with Gasteiger partial charge < -0.3 is 14.7 Å². The van der Waals surface area contributed by atoms with Crippen LogP contribution < -0.4 is 0 Å². The Labute approximate surface area is 157 Å². The monoisotopic (exact) mass is 363 g/mol. The molecule has 27 heavy (non-hydrogen) atoms. The van der Waals surface area contributed by atoms with Crippen LogP contribution in [0, 0.1) is 0 Å². The number of carbonyl (C=O) groups is 2. The summed E-state index contributed by atoms with van der Waals surface area (Å²) < 4.78 is 5.14. The number of phenolic OH excluding ortho intramolecular Hbond substituents is 1. The smallest absolute Gasteiger partial charge is 0.342 e. The topological polar surface area (TPSA) is 66.8 Å². The second-order valence-electron chi connectivity index (χ2n) is 6.35. The molecule has 0 fully saturated rings. The molecule has 5 nitrogen and oxygen atoms in total. The minimum atomic E-state index is -0.729. The van der Waals surface area contributed by atoms with Crippen molar-refractivity contribution in [3.63, 3.8) is 0 Å². The zero-order valence-electron chi connectivity index (χ0n) is 15.3. The van der Waals surface area contributed by atoms with Crippen LogP contribution in [0.5, 0.6) is 5.75 Å². The van der Waals surface area contributed by atoms with Gasteiger partial charge in [-0.3, -0.25) is 4.79 Å². The van der Waals surface area contributed by atoms with Crippen LogP contribution in [0.3, 0.4) is 0 Å². The first-order valence-corrected chi connectivity index (χ1v) is 8.67. The van der Waals surface area contributed by atoms with E-state index in [1.54, 1.807) is 25.2 Å². The van der Waals surface area contributed by atoms with Gasteiger partial charge in [0.15, 0.2) is 6.61 Å². The van der Waals surface area contributed by atoms with E-state index in [1.165, 1.54) is 11.0 Å². The Morgan fingerprint density at radius 2 is 1.67 bits per heavy atom. The Morgan fingerprint density at radius 1 is 1.00 bits per heavy atom. The molecule has 3 aromatic rings. The first kappa shape index (κ1) is 18.5. The molecule has 0 aliphatic heterocycles. The van der Waals surface area contributed by atoms with E-state index in [-0.39, 0.29) is 23.3 Å². The van der Waals surface area contributed by atoms with Gasteiger partial charge >= 0.3 is 5.97 Å². The van der Waals surface area contributed by atoms with Crippen molar-refractivity contribution in [3.05, 3.63) is 77.9 Å². The molecule has 0 saturated heterocycles. The van der Waals surface area contributed by atoms with Crippen molar-refractivity contribution in [2.45, 2.75) is 13.0 Å². The molecule has 0 aromatic heterocycles. The average molecular weight is 363 g/mol. The molecule has 0 heterocycles. The number of nitrogens with zero attached hydrogens (tertiary/aromatic N) is 1. The summed E-state index contributed by atoms with van der Waals surface area (Å²) >= 11 is 0.